The molecule has 1 aromatic carbocycles. The maximum absolute atomic E-state index is 5.84. The molecule has 0 amide bonds. The molecule has 0 aliphatic heterocycles. The number of halogens is 1. The van der Waals surface area contributed by atoms with Gasteiger partial charge in [-0.2, -0.15) is 0 Å². The highest BCUT2D eigenvalue weighted by molar-refractivity contribution is 6.17. The number of nitrogens with zero attached hydrogens (tertiary/aromatic N) is 1. The molecule has 0 radical (unpaired) electrons. The summed E-state index contributed by atoms with van der Waals surface area (Å²) in [6.45, 7) is 0. The first kappa shape index (κ1) is 9.22. The summed E-state index contributed by atoms with van der Waals surface area (Å²) >= 11 is 5.84. The van der Waals surface area contributed by atoms with Gasteiger partial charge in [-0.15, -0.1) is 11.6 Å². The lowest BCUT2D eigenvalue weighted by molar-refractivity contribution is 1.25. The van der Waals surface area contributed by atoms with Gasteiger partial charge in [-0.3, -0.25) is 4.98 Å². The molecule has 1 aromatic heterocycles. The third-order valence-electron chi connectivity index (χ3n) is 2.08. The lowest BCUT2D eigenvalue weighted by Crippen LogP contribution is -1.89. The van der Waals surface area contributed by atoms with Gasteiger partial charge in [-0.1, -0.05) is 36.4 Å². The summed E-state index contributed by atoms with van der Waals surface area (Å²) in [5, 5.41) is 0. The number of hydrogen-bond donors (Lipinski definition) is 0. The van der Waals surface area contributed by atoms with Gasteiger partial charge in [-0.05, 0) is 11.6 Å². The van der Waals surface area contributed by atoms with Crippen molar-refractivity contribution >= 4 is 11.6 Å². The van der Waals surface area contributed by atoms with Gasteiger partial charge >= 0.3 is 0 Å². The van der Waals surface area contributed by atoms with Gasteiger partial charge in [0.25, 0.3) is 0 Å². The van der Waals surface area contributed by atoms with Crippen molar-refractivity contribution in [2.45, 2.75) is 5.88 Å². The highest BCUT2D eigenvalue weighted by atomic mass is 35.5. The van der Waals surface area contributed by atoms with Crippen molar-refractivity contribution in [2.75, 3.05) is 0 Å². The van der Waals surface area contributed by atoms with Gasteiger partial charge in [0.05, 0.1) is 5.69 Å². The predicted octanol–water partition coefficient (Wildman–Crippen LogP) is 3.49. The smallest absolute Gasteiger partial charge is 0.0746 e. The molecule has 1 heterocycles. The van der Waals surface area contributed by atoms with E-state index in [9.17, 15) is 0 Å². The van der Waals surface area contributed by atoms with E-state index < -0.39 is 0 Å². The zero-order valence-corrected chi connectivity index (χ0v) is 8.41. The molecule has 0 spiro atoms. The number of alkyl halides is 1. The Balaban J connectivity index is 2.51. The zero-order chi connectivity index (χ0) is 9.80. The molecule has 2 rings (SSSR count). The number of hydrogen-bond acceptors (Lipinski definition) is 1. The van der Waals surface area contributed by atoms with E-state index in [1.807, 2.05) is 42.5 Å². The molecule has 70 valence electrons. The molecular formula is C12H10ClN. The highest BCUT2D eigenvalue weighted by Crippen LogP contribution is 2.21. The van der Waals surface area contributed by atoms with Gasteiger partial charge in [-0.25, -0.2) is 0 Å². The first-order chi connectivity index (χ1) is 6.92. The predicted molar refractivity (Wildman–Crippen MR) is 59.2 cm³/mol. The number of rotatable bonds is 2. The molecule has 0 saturated carbocycles. The van der Waals surface area contributed by atoms with Crippen molar-refractivity contribution in [3.8, 4) is 11.3 Å². The number of pyridine rings is 1. The average Bonchev–Trinajstić information content (AvgIpc) is 2.30. The fourth-order valence-corrected chi connectivity index (χ4v) is 1.62. The van der Waals surface area contributed by atoms with Crippen LogP contribution >= 0.6 is 11.6 Å². The van der Waals surface area contributed by atoms with E-state index in [2.05, 4.69) is 4.98 Å². The monoisotopic (exact) mass is 203 g/mol. The van der Waals surface area contributed by atoms with Crippen LogP contribution in [0.2, 0.25) is 0 Å². The van der Waals surface area contributed by atoms with Crippen molar-refractivity contribution < 1.29 is 0 Å². The second-order valence-electron chi connectivity index (χ2n) is 3.01. The Kier molecular flexibility index (Phi) is 2.80. The van der Waals surface area contributed by atoms with E-state index in [4.69, 9.17) is 11.6 Å². The fraction of sp³-hybridized carbons (Fsp3) is 0.0833. The van der Waals surface area contributed by atoms with E-state index in [1.54, 1.807) is 6.20 Å². The molecule has 0 bridgehead atoms. The van der Waals surface area contributed by atoms with Crippen LogP contribution in [-0.2, 0) is 5.88 Å². The van der Waals surface area contributed by atoms with Crippen molar-refractivity contribution in [1.82, 2.24) is 4.98 Å². The van der Waals surface area contributed by atoms with Gasteiger partial charge in [0.1, 0.15) is 0 Å². The van der Waals surface area contributed by atoms with Crippen LogP contribution in [0.25, 0.3) is 11.3 Å². The molecule has 0 N–H and O–H groups in total. The summed E-state index contributed by atoms with van der Waals surface area (Å²) in [4.78, 5) is 4.34. The SMILES string of the molecule is ClCc1cccnc1-c1ccccc1. The van der Waals surface area contributed by atoms with Crippen molar-refractivity contribution in [3.05, 3.63) is 54.2 Å². The summed E-state index contributed by atoms with van der Waals surface area (Å²) in [5.41, 5.74) is 3.16. The summed E-state index contributed by atoms with van der Waals surface area (Å²) in [6, 6.07) is 14.0. The van der Waals surface area contributed by atoms with Gasteiger partial charge < -0.3 is 0 Å². The standard InChI is InChI=1S/C12H10ClN/c13-9-11-7-4-8-14-12(11)10-5-2-1-3-6-10/h1-8H,9H2. The highest BCUT2D eigenvalue weighted by Gasteiger charge is 2.03. The molecule has 2 heteroatoms. The minimum atomic E-state index is 0.498. The molecule has 0 atom stereocenters. The molecule has 0 fully saturated rings. The summed E-state index contributed by atoms with van der Waals surface area (Å²) < 4.78 is 0. The van der Waals surface area contributed by atoms with Crippen LogP contribution in [-0.4, -0.2) is 4.98 Å². The first-order valence-electron chi connectivity index (χ1n) is 4.47. The van der Waals surface area contributed by atoms with Crippen LogP contribution in [0.4, 0.5) is 0 Å². The molecule has 0 saturated heterocycles. The van der Waals surface area contributed by atoms with Crippen LogP contribution in [0.1, 0.15) is 5.56 Å². The normalized spacial score (nSPS) is 10.1. The summed E-state index contributed by atoms with van der Waals surface area (Å²) in [7, 11) is 0. The topological polar surface area (TPSA) is 12.9 Å². The van der Waals surface area contributed by atoms with Crippen molar-refractivity contribution in [1.29, 1.82) is 0 Å². The van der Waals surface area contributed by atoms with Crippen LogP contribution in [0.15, 0.2) is 48.7 Å². The Morgan fingerprint density at radius 2 is 1.79 bits per heavy atom. The second kappa shape index (κ2) is 4.25. The molecule has 14 heavy (non-hydrogen) atoms. The van der Waals surface area contributed by atoms with Gasteiger partial charge in [0.15, 0.2) is 0 Å². The number of aromatic nitrogens is 1. The van der Waals surface area contributed by atoms with Crippen molar-refractivity contribution in [3.63, 3.8) is 0 Å². The Morgan fingerprint density at radius 3 is 2.50 bits per heavy atom. The molecule has 0 unspecified atom stereocenters. The largest absolute Gasteiger partial charge is 0.256 e. The lowest BCUT2D eigenvalue weighted by Gasteiger charge is -2.04. The average molecular weight is 204 g/mol. The molecule has 2 aromatic rings. The van der Waals surface area contributed by atoms with Crippen LogP contribution in [0, 0.1) is 0 Å². The van der Waals surface area contributed by atoms with Crippen LogP contribution in [0.5, 0.6) is 0 Å². The molecular weight excluding hydrogens is 194 g/mol. The molecule has 0 aliphatic rings. The molecule has 0 aliphatic carbocycles. The Morgan fingerprint density at radius 1 is 1.00 bits per heavy atom. The van der Waals surface area contributed by atoms with E-state index in [1.165, 1.54) is 0 Å². The van der Waals surface area contributed by atoms with E-state index in [-0.39, 0.29) is 0 Å². The maximum Gasteiger partial charge on any atom is 0.0746 e. The van der Waals surface area contributed by atoms with E-state index in [0.29, 0.717) is 5.88 Å². The van der Waals surface area contributed by atoms with Gasteiger partial charge in [0, 0.05) is 17.6 Å². The van der Waals surface area contributed by atoms with Crippen LogP contribution in [0.3, 0.4) is 0 Å². The van der Waals surface area contributed by atoms with E-state index >= 15 is 0 Å². The Hall–Kier alpha value is -1.34. The molecule has 1 nitrogen and oxygen atoms in total. The summed E-state index contributed by atoms with van der Waals surface area (Å²) in [5.74, 6) is 0.498. The quantitative estimate of drug-likeness (QED) is 0.681. The summed E-state index contributed by atoms with van der Waals surface area (Å²) in [6.07, 6.45) is 1.79. The van der Waals surface area contributed by atoms with Gasteiger partial charge in [0.2, 0.25) is 0 Å². The second-order valence-corrected chi connectivity index (χ2v) is 3.28. The maximum atomic E-state index is 5.84. The lowest BCUT2D eigenvalue weighted by atomic mass is 10.1. The van der Waals surface area contributed by atoms with Crippen molar-refractivity contribution in [2.24, 2.45) is 0 Å². The fourth-order valence-electron chi connectivity index (χ4n) is 1.40. The number of benzene rings is 1. The third kappa shape index (κ3) is 1.78. The van der Waals surface area contributed by atoms with E-state index in [0.717, 1.165) is 16.8 Å². The zero-order valence-electron chi connectivity index (χ0n) is 7.65. The van der Waals surface area contributed by atoms with Crippen LogP contribution < -0.4 is 0 Å². The first-order valence-corrected chi connectivity index (χ1v) is 5.00. The minimum absolute atomic E-state index is 0.498. The minimum Gasteiger partial charge on any atom is -0.256 e. The Labute approximate surface area is 88.4 Å². The Bertz CT molecular complexity index is 412. The third-order valence-corrected chi connectivity index (χ3v) is 2.37.